The SMILES string of the molecule is C[C@H](NC(=O)[C@@H](N)CO)C(=O)N[C@@H](CCCN=C(N)N)C(=O)N[C@@H](CO)C(=O)N[C@@H](CCCCN)C(=O)N[C@@H](Cc1ccc(O)cc1)C(=O)NCC(=O)N[C@@H](Cc1ccc(O)cc1)C(=O)NCC(=O)O. The first kappa shape index (κ1) is 58.5. The second-order valence-corrected chi connectivity index (χ2v) is 15.9. The van der Waals surface area contributed by atoms with E-state index in [2.05, 4.69) is 47.5 Å². The Labute approximate surface area is 402 Å². The molecule has 2 rings (SSSR count). The Bertz CT molecular complexity index is 2110. The standard InChI is InChI=1S/C43H65N13O14/c1-23(51-37(65)28(45)21-57)36(64)53-30(6-4-16-48-43(46)47)41(69)56-33(22-58)42(70)54-29(5-2-3-15-44)40(68)55-32(18-25-9-13-27(60)14-10-25)39(67)49-19-34(61)52-31(38(66)50-20-35(62)63)17-24-7-11-26(59)12-8-24/h7-14,23,28-33,57-60H,2-6,15-22,44-45H2,1H3,(H,49,67)(H,50,66)(H,51,65)(H,52,61)(H,53,64)(H,54,70)(H,55,68)(H,56,69)(H,62,63)(H4,46,47,48)/t23-,28-,29-,30-,31-,32-,33-/m0/s1. The van der Waals surface area contributed by atoms with Crippen LogP contribution >= 0.6 is 0 Å². The van der Waals surface area contributed by atoms with Gasteiger partial charge < -0.3 is 91.0 Å². The maximum atomic E-state index is 14.0. The van der Waals surface area contributed by atoms with Gasteiger partial charge >= 0.3 is 5.97 Å². The van der Waals surface area contributed by atoms with Gasteiger partial charge in [-0.05, 0) is 81.0 Å². The highest BCUT2D eigenvalue weighted by Gasteiger charge is 2.32. The number of unbranched alkanes of at least 4 members (excludes halogenated alkanes) is 1. The molecule has 21 N–H and O–H groups in total. The molecule has 0 saturated carbocycles. The summed E-state index contributed by atoms with van der Waals surface area (Å²) >= 11 is 0. The number of hydrogen-bond donors (Lipinski definition) is 17. The number of nitrogens with one attached hydrogen (secondary N) is 8. The van der Waals surface area contributed by atoms with E-state index in [1.165, 1.54) is 55.5 Å². The molecule has 0 bridgehead atoms. The fourth-order valence-corrected chi connectivity index (χ4v) is 6.29. The summed E-state index contributed by atoms with van der Waals surface area (Å²) in [4.78, 5) is 121. The zero-order chi connectivity index (χ0) is 52.3. The van der Waals surface area contributed by atoms with E-state index >= 15 is 0 Å². The van der Waals surface area contributed by atoms with Crippen LogP contribution < -0.4 is 65.5 Å². The van der Waals surface area contributed by atoms with Crippen LogP contribution in [0.2, 0.25) is 0 Å². The molecular formula is C43H65N13O14. The van der Waals surface area contributed by atoms with E-state index in [0.29, 0.717) is 17.5 Å². The van der Waals surface area contributed by atoms with Gasteiger partial charge in [0, 0.05) is 19.4 Å². The van der Waals surface area contributed by atoms with Gasteiger partial charge in [-0.3, -0.25) is 48.1 Å². The van der Waals surface area contributed by atoms with Crippen molar-refractivity contribution in [3.05, 3.63) is 59.7 Å². The molecule has 0 radical (unpaired) electrons. The minimum absolute atomic E-state index is 0.0273. The van der Waals surface area contributed by atoms with Crippen LogP contribution in [0.5, 0.6) is 11.5 Å². The summed E-state index contributed by atoms with van der Waals surface area (Å²) in [7, 11) is 0. The molecule has 0 saturated heterocycles. The summed E-state index contributed by atoms with van der Waals surface area (Å²) in [5.74, 6) is -9.06. The molecule has 0 spiro atoms. The van der Waals surface area contributed by atoms with Gasteiger partial charge in [0.25, 0.3) is 0 Å². The van der Waals surface area contributed by atoms with E-state index < -0.39 is 122 Å². The molecular weight excluding hydrogens is 923 g/mol. The van der Waals surface area contributed by atoms with E-state index in [0.717, 1.165) is 0 Å². The minimum Gasteiger partial charge on any atom is -0.508 e. The van der Waals surface area contributed by atoms with E-state index in [4.69, 9.17) is 28.0 Å². The minimum atomic E-state index is -1.72. The average Bonchev–Trinajstić information content (AvgIpc) is 3.32. The third-order valence-electron chi connectivity index (χ3n) is 10.1. The van der Waals surface area contributed by atoms with Crippen molar-refractivity contribution >= 4 is 59.2 Å². The second-order valence-electron chi connectivity index (χ2n) is 15.9. The van der Waals surface area contributed by atoms with E-state index in [9.17, 15) is 63.6 Å². The lowest BCUT2D eigenvalue weighted by Gasteiger charge is -2.26. The number of rotatable bonds is 31. The molecule has 0 unspecified atom stereocenters. The van der Waals surface area contributed by atoms with Crippen LogP contribution in [0.15, 0.2) is 53.5 Å². The monoisotopic (exact) mass is 987 g/mol. The van der Waals surface area contributed by atoms with Crippen molar-refractivity contribution in [3.63, 3.8) is 0 Å². The molecule has 8 amide bonds. The lowest BCUT2D eigenvalue weighted by atomic mass is 10.0. The number of phenols is 2. The molecule has 0 fully saturated rings. The molecule has 2 aromatic rings. The van der Waals surface area contributed by atoms with Gasteiger partial charge in [0.1, 0.15) is 60.3 Å². The molecule has 0 aromatic heterocycles. The van der Waals surface area contributed by atoms with Crippen LogP contribution in [-0.2, 0) is 56.0 Å². The van der Waals surface area contributed by atoms with Crippen molar-refractivity contribution in [2.24, 2.45) is 27.9 Å². The number of carboxylic acid groups (broad SMARTS) is 1. The molecule has 0 aliphatic rings. The summed E-state index contributed by atoms with van der Waals surface area (Å²) in [6, 6.07) is 1.35. The van der Waals surface area contributed by atoms with E-state index in [1.807, 2.05) is 0 Å². The maximum absolute atomic E-state index is 14.0. The number of aromatic hydroxyl groups is 2. The van der Waals surface area contributed by atoms with Crippen LogP contribution in [0.25, 0.3) is 0 Å². The number of aliphatic hydroxyl groups excluding tert-OH is 2. The first-order valence-corrected chi connectivity index (χ1v) is 22.0. The number of carboxylic acids is 1. The van der Waals surface area contributed by atoms with Crippen molar-refractivity contribution < 1.29 is 68.7 Å². The van der Waals surface area contributed by atoms with Crippen LogP contribution in [-0.4, -0.2) is 166 Å². The molecule has 70 heavy (non-hydrogen) atoms. The smallest absolute Gasteiger partial charge is 0.322 e. The van der Waals surface area contributed by atoms with Crippen molar-refractivity contribution in [1.29, 1.82) is 0 Å². The van der Waals surface area contributed by atoms with Crippen LogP contribution in [0.3, 0.4) is 0 Å². The number of amides is 8. The Balaban J connectivity index is 2.31. The number of aliphatic hydroxyl groups is 2. The van der Waals surface area contributed by atoms with E-state index in [1.54, 1.807) is 0 Å². The van der Waals surface area contributed by atoms with Crippen molar-refractivity contribution in [1.82, 2.24) is 42.5 Å². The number of aliphatic imine (C=N–C) groups is 1. The second kappa shape index (κ2) is 30.7. The number of nitrogens with zero attached hydrogens (tertiary/aromatic N) is 1. The Hall–Kier alpha value is -7.62. The number of guanidine groups is 1. The molecule has 2 aromatic carbocycles. The van der Waals surface area contributed by atoms with Crippen LogP contribution in [0, 0.1) is 0 Å². The highest BCUT2D eigenvalue weighted by Crippen LogP contribution is 2.14. The number of carbonyl (C=O) groups is 9. The molecule has 0 aliphatic heterocycles. The van der Waals surface area contributed by atoms with Crippen molar-refractivity contribution in [2.45, 2.75) is 94.2 Å². The first-order chi connectivity index (χ1) is 33.2. The molecule has 27 heteroatoms. The highest BCUT2D eigenvalue weighted by molar-refractivity contribution is 5.97. The Morgan fingerprint density at radius 1 is 0.557 bits per heavy atom. The summed E-state index contributed by atoms with van der Waals surface area (Å²) in [5.41, 5.74) is 22.9. The normalized spacial score (nSPS) is 13.8. The number of carbonyl (C=O) groups excluding carboxylic acids is 8. The van der Waals surface area contributed by atoms with Gasteiger partial charge in [0.05, 0.1) is 19.8 Å². The summed E-state index contributed by atoms with van der Waals surface area (Å²) in [6.45, 7) is -1.69. The lowest BCUT2D eigenvalue weighted by molar-refractivity contribution is -0.138. The highest BCUT2D eigenvalue weighted by atomic mass is 16.4. The van der Waals surface area contributed by atoms with Gasteiger partial charge in [0.2, 0.25) is 47.3 Å². The number of phenolic OH excluding ortho intramolecular Hbond substituents is 2. The van der Waals surface area contributed by atoms with Gasteiger partial charge in [-0.25, -0.2) is 0 Å². The van der Waals surface area contributed by atoms with Crippen molar-refractivity contribution in [3.8, 4) is 11.5 Å². The zero-order valence-electron chi connectivity index (χ0n) is 38.5. The third kappa shape index (κ3) is 22.0. The summed E-state index contributed by atoms with van der Waals surface area (Å²) < 4.78 is 0. The van der Waals surface area contributed by atoms with Gasteiger partial charge in [0.15, 0.2) is 5.96 Å². The molecule has 0 heterocycles. The van der Waals surface area contributed by atoms with Gasteiger partial charge in [-0.2, -0.15) is 0 Å². The number of nitrogens with two attached hydrogens (primary N) is 4. The predicted molar refractivity (Wildman–Crippen MR) is 249 cm³/mol. The Morgan fingerprint density at radius 3 is 1.50 bits per heavy atom. The fraction of sp³-hybridized carbons (Fsp3) is 0.488. The first-order valence-electron chi connectivity index (χ1n) is 22.0. The van der Waals surface area contributed by atoms with Crippen LogP contribution in [0.1, 0.15) is 50.2 Å². The Morgan fingerprint density at radius 2 is 1.01 bits per heavy atom. The fourth-order valence-electron chi connectivity index (χ4n) is 6.29. The van der Waals surface area contributed by atoms with Crippen molar-refractivity contribution in [2.75, 3.05) is 39.4 Å². The molecule has 0 aliphatic carbocycles. The average molecular weight is 988 g/mol. The maximum Gasteiger partial charge on any atom is 0.322 e. The van der Waals surface area contributed by atoms with Gasteiger partial charge in [-0.1, -0.05) is 24.3 Å². The zero-order valence-corrected chi connectivity index (χ0v) is 38.5. The predicted octanol–water partition coefficient (Wildman–Crippen LogP) is -6.38. The van der Waals surface area contributed by atoms with E-state index in [-0.39, 0.29) is 69.1 Å². The van der Waals surface area contributed by atoms with Crippen LogP contribution in [0.4, 0.5) is 0 Å². The third-order valence-corrected chi connectivity index (χ3v) is 10.1. The quantitative estimate of drug-likeness (QED) is 0.0190. The molecule has 386 valence electrons. The largest absolute Gasteiger partial charge is 0.508 e. The number of aliphatic carboxylic acids is 1. The van der Waals surface area contributed by atoms with Gasteiger partial charge in [-0.15, -0.1) is 0 Å². The molecule has 7 atom stereocenters. The summed E-state index contributed by atoms with van der Waals surface area (Å²) in [5, 5.41) is 67.1. The topological polar surface area (TPSA) is 467 Å². The Kier molecular flexibility index (Phi) is 25.7. The molecule has 27 nitrogen and oxygen atoms in total. The lowest BCUT2D eigenvalue weighted by Crippen LogP contribution is -2.60. The number of hydrogen-bond acceptors (Lipinski definition) is 16. The number of benzene rings is 2. The summed E-state index contributed by atoms with van der Waals surface area (Å²) in [6.07, 6.45) is 0.270.